The van der Waals surface area contributed by atoms with Gasteiger partial charge in [0.05, 0.1) is 7.11 Å². The summed E-state index contributed by atoms with van der Waals surface area (Å²) in [4.78, 5) is 11.0. The second kappa shape index (κ2) is 2.64. The third kappa shape index (κ3) is 0.868. The summed E-state index contributed by atoms with van der Waals surface area (Å²) in [5, 5.41) is 0. The van der Waals surface area contributed by atoms with Crippen molar-refractivity contribution >= 4 is 5.78 Å². The van der Waals surface area contributed by atoms with Crippen molar-refractivity contribution in [1.82, 2.24) is 0 Å². The van der Waals surface area contributed by atoms with Crippen LogP contribution in [0.3, 0.4) is 0 Å². The molecule has 0 saturated carbocycles. The van der Waals surface area contributed by atoms with E-state index in [4.69, 9.17) is 14.2 Å². The number of ketones is 1. The van der Waals surface area contributed by atoms with Crippen LogP contribution in [-0.2, 0) is 19.0 Å². The van der Waals surface area contributed by atoms with E-state index in [9.17, 15) is 4.79 Å². The van der Waals surface area contributed by atoms with Gasteiger partial charge in [-0.3, -0.25) is 4.79 Å². The van der Waals surface area contributed by atoms with Gasteiger partial charge in [-0.05, 0) is 0 Å². The fourth-order valence-electron chi connectivity index (χ4n) is 1.03. The molecule has 0 heterocycles. The maximum Gasteiger partial charge on any atom is 0.293 e. The number of hydrogen-bond acceptors (Lipinski definition) is 4. The summed E-state index contributed by atoms with van der Waals surface area (Å²) < 4.78 is 14.6. The van der Waals surface area contributed by atoms with E-state index in [0.29, 0.717) is 5.76 Å². The topological polar surface area (TPSA) is 44.8 Å². The molecule has 0 aromatic carbocycles. The summed E-state index contributed by atoms with van der Waals surface area (Å²) in [5.41, 5.74) is 0. The van der Waals surface area contributed by atoms with E-state index in [1.807, 2.05) is 0 Å². The van der Waals surface area contributed by atoms with Gasteiger partial charge in [-0.15, -0.1) is 0 Å². The SMILES string of the molecule is COC1=CC(=O)C1(OC)OC. The predicted molar refractivity (Wildman–Crippen MR) is 36.8 cm³/mol. The molecule has 4 nitrogen and oxygen atoms in total. The lowest BCUT2D eigenvalue weighted by molar-refractivity contribution is -0.208. The van der Waals surface area contributed by atoms with E-state index in [0.717, 1.165) is 0 Å². The molecule has 0 saturated heterocycles. The maximum atomic E-state index is 11.0. The number of hydrogen-bond donors (Lipinski definition) is 0. The zero-order valence-corrected chi connectivity index (χ0v) is 6.71. The van der Waals surface area contributed by atoms with Gasteiger partial charge in [0.15, 0.2) is 5.76 Å². The minimum absolute atomic E-state index is 0.223. The lowest BCUT2D eigenvalue weighted by Gasteiger charge is -2.35. The van der Waals surface area contributed by atoms with Crippen LogP contribution in [0.4, 0.5) is 0 Å². The Hall–Kier alpha value is -0.870. The molecule has 0 spiro atoms. The van der Waals surface area contributed by atoms with Crippen molar-refractivity contribution in [2.75, 3.05) is 21.3 Å². The predicted octanol–water partition coefficient (Wildman–Crippen LogP) is 0.0885. The highest BCUT2D eigenvalue weighted by Crippen LogP contribution is 2.32. The van der Waals surface area contributed by atoms with E-state index in [2.05, 4.69) is 0 Å². The average Bonchev–Trinajstić information content (AvgIpc) is 2.02. The van der Waals surface area contributed by atoms with Crippen LogP contribution in [0.1, 0.15) is 0 Å². The molecule has 0 unspecified atom stereocenters. The van der Waals surface area contributed by atoms with Crippen molar-refractivity contribution < 1.29 is 19.0 Å². The largest absolute Gasteiger partial charge is 0.495 e. The van der Waals surface area contributed by atoms with Crippen molar-refractivity contribution in [3.8, 4) is 0 Å². The number of rotatable bonds is 3. The van der Waals surface area contributed by atoms with Gasteiger partial charge in [-0.1, -0.05) is 0 Å². The molecule has 1 aliphatic rings. The first-order valence-corrected chi connectivity index (χ1v) is 3.12. The Balaban J connectivity index is 2.86. The maximum absolute atomic E-state index is 11.0. The quantitative estimate of drug-likeness (QED) is 0.546. The summed E-state index contributed by atoms with van der Waals surface area (Å²) in [6.45, 7) is 0. The summed E-state index contributed by atoms with van der Waals surface area (Å²) in [5.74, 6) is -1.08. The fraction of sp³-hybridized carbons (Fsp3) is 0.571. The molecule has 0 aliphatic heterocycles. The lowest BCUT2D eigenvalue weighted by atomic mass is 9.97. The number of carbonyl (C=O) groups excluding carboxylic acids is 1. The van der Waals surface area contributed by atoms with Gasteiger partial charge in [0.1, 0.15) is 0 Å². The van der Waals surface area contributed by atoms with Crippen molar-refractivity contribution in [3.05, 3.63) is 11.8 Å². The van der Waals surface area contributed by atoms with Crippen LogP contribution < -0.4 is 0 Å². The van der Waals surface area contributed by atoms with E-state index in [-0.39, 0.29) is 5.78 Å². The Morgan fingerprint density at radius 3 is 2.00 bits per heavy atom. The second-order valence-corrected chi connectivity index (χ2v) is 2.10. The summed E-state index contributed by atoms with van der Waals surface area (Å²) in [6.07, 6.45) is 1.34. The lowest BCUT2D eigenvalue weighted by Crippen LogP contribution is -2.51. The Morgan fingerprint density at radius 1 is 1.27 bits per heavy atom. The molecule has 1 rings (SSSR count). The first-order valence-electron chi connectivity index (χ1n) is 3.12. The van der Waals surface area contributed by atoms with Gasteiger partial charge in [0, 0.05) is 20.3 Å². The van der Waals surface area contributed by atoms with E-state index in [1.54, 1.807) is 0 Å². The van der Waals surface area contributed by atoms with Crippen LogP contribution in [0, 0.1) is 0 Å². The van der Waals surface area contributed by atoms with Crippen LogP contribution in [0.25, 0.3) is 0 Å². The van der Waals surface area contributed by atoms with Crippen LogP contribution in [-0.4, -0.2) is 32.9 Å². The molecular weight excluding hydrogens is 148 g/mol. The number of carbonyl (C=O) groups is 1. The molecular formula is C7H10O4. The Kier molecular flexibility index (Phi) is 1.97. The van der Waals surface area contributed by atoms with E-state index < -0.39 is 5.79 Å². The normalized spacial score (nSPS) is 20.6. The first-order chi connectivity index (χ1) is 5.21. The van der Waals surface area contributed by atoms with Gasteiger partial charge in [-0.25, -0.2) is 0 Å². The third-order valence-corrected chi connectivity index (χ3v) is 1.71. The van der Waals surface area contributed by atoms with Crippen LogP contribution >= 0.6 is 0 Å². The highest BCUT2D eigenvalue weighted by Gasteiger charge is 2.51. The van der Waals surface area contributed by atoms with E-state index in [1.165, 1.54) is 27.4 Å². The summed E-state index contributed by atoms with van der Waals surface area (Å²) in [7, 11) is 4.26. The molecule has 4 heteroatoms. The molecule has 1 aliphatic carbocycles. The van der Waals surface area contributed by atoms with E-state index >= 15 is 0 Å². The molecule has 0 aromatic heterocycles. The Morgan fingerprint density at radius 2 is 1.82 bits per heavy atom. The number of methoxy groups -OCH3 is 3. The highest BCUT2D eigenvalue weighted by molar-refractivity contribution is 6.05. The van der Waals surface area contributed by atoms with Gasteiger partial charge in [0.25, 0.3) is 5.79 Å². The highest BCUT2D eigenvalue weighted by atomic mass is 16.7. The molecule has 11 heavy (non-hydrogen) atoms. The molecule has 0 atom stereocenters. The zero-order valence-electron chi connectivity index (χ0n) is 6.71. The molecule has 0 radical (unpaired) electrons. The zero-order chi connectivity index (χ0) is 8.48. The molecule has 0 N–H and O–H groups in total. The van der Waals surface area contributed by atoms with Gasteiger partial charge >= 0.3 is 0 Å². The van der Waals surface area contributed by atoms with Crippen LogP contribution in [0.5, 0.6) is 0 Å². The molecule has 62 valence electrons. The number of ether oxygens (including phenoxy) is 3. The summed E-state index contributed by atoms with van der Waals surface area (Å²) in [6, 6.07) is 0. The smallest absolute Gasteiger partial charge is 0.293 e. The third-order valence-electron chi connectivity index (χ3n) is 1.71. The molecule has 0 bridgehead atoms. The van der Waals surface area contributed by atoms with Crippen LogP contribution in [0.15, 0.2) is 11.8 Å². The average molecular weight is 158 g/mol. The molecule has 0 aromatic rings. The van der Waals surface area contributed by atoms with Crippen molar-refractivity contribution in [2.24, 2.45) is 0 Å². The minimum Gasteiger partial charge on any atom is -0.495 e. The summed E-state index contributed by atoms with van der Waals surface area (Å²) >= 11 is 0. The Bertz CT molecular complexity index is 202. The second-order valence-electron chi connectivity index (χ2n) is 2.10. The van der Waals surface area contributed by atoms with Gasteiger partial charge < -0.3 is 14.2 Å². The monoisotopic (exact) mass is 158 g/mol. The minimum atomic E-state index is -1.27. The fourth-order valence-corrected chi connectivity index (χ4v) is 1.03. The molecule has 0 amide bonds. The van der Waals surface area contributed by atoms with Crippen molar-refractivity contribution in [1.29, 1.82) is 0 Å². The Labute approximate surface area is 64.7 Å². The first kappa shape index (κ1) is 8.23. The van der Waals surface area contributed by atoms with Gasteiger partial charge in [-0.2, -0.15) is 0 Å². The molecule has 0 fully saturated rings. The van der Waals surface area contributed by atoms with Crippen molar-refractivity contribution in [3.63, 3.8) is 0 Å². The van der Waals surface area contributed by atoms with Crippen molar-refractivity contribution in [2.45, 2.75) is 5.79 Å². The van der Waals surface area contributed by atoms with Crippen LogP contribution in [0.2, 0.25) is 0 Å². The van der Waals surface area contributed by atoms with Gasteiger partial charge in [0.2, 0.25) is 5.78 Å². The standard InChI is InChI=1S/C7H10O4/c1-9-6-4-5(8)7(6,10-2)11-3/h4H,1-3H3.